The molecule has 1 aliphatic carbocycles. The molecule has 1 fully saturated rings. The van der Waals surface area contributed by atoms with Gasteiger partial charge in [-0.1, -0.05) is 50.6 Å². The third-order valence-corrected chi connectivity index (χ3v) is 4.32. The van der Waals surface area contributed by atoms with Crippen LogP contribution in [0.5, 0.6) is 0 Å². The Bertz CT molecular complexity index is 333. The van der Waals surface area contributed by atoms with Gasteiger partial charge in [-0.15, -0.1) is 0 Å². The van der Waals surface area contributed by atoms with Crippen LogP contribution in [0.1, 0.15) is 51.0 Å². The van der Waals surface area contributed by atoms with Crippen LogP contribution in [0.15, 0.2) is 30.3 Å². The molecule has 100 valence electrons. The molecule has 1 nitrogen and oxygen atoms in total. The molecule has 3 atom stereocenters. The van der Waals surface area contributed by atoms with Gasteiger partial charge in [0.1, 0.15) is 0 Å². The SMILES string of the molecule is CCCNCC1CCC(C)CC1c1ccccc1. The smallest absolute Gasteiger partial charge is 0.00147 e. The molecule has 2 rings (SSSR count). The lowest BCUT2D eigenvalue weighted by atomic mass is 9.71. The quantitative estimate of drug-likeness (QED) is 0.766. The van der Waals surface area contributed by atoms with Crippen LogP contribution in [0, 0.1) is 11.8 Å². The van der Waals surface area contributed by atoms with Gasteiger partial charge in [-0.25, -0.2) is 0 Å². The van der Waals surface area contributed by atoms with Crippen LogP contribution in [-0.4, -0.2) is 13.1 Å². The lowest BCUT2D eigenvalue weighted by Crippen LogP contribution is -2.31. The van der Waals surface area contributed by atoms with Crippen LogP contribution in [0.2, 0.25) is 0 Å². The van der Waals surface area contributed by atoms with Crippen LogP contribution >= 0.6 is 0 Å². The molecule has 1 saturated carbocycles. The van der Waals surface area contributed by atoms with Crippen molar-refractivity contribution >= 4 is 0 Å². The first-order valence-corrected chi connectivity index (χ1v) is 7.57. The molecule has 1 aliphatic rings. The van der Waals surface area contributed by atoms with Gasteiger partial charge in [-0.3, -0.25) is 0 Å². The van der Waals surface area contributed by atoms with E-state index in [0.717, 1.165) is 24.3 Å². The normalized spacial score (nSPS) is 28.2. The molecule has 18 heavy (non-hydrogen) atoms. The molecule has 0 saturated heterocycles. The minimum absolute atomic E-state index is 0.763. The Hall–Kier alpha value is -0.820. The van der Waals surface area contributed by atoms with E-state index in [1.165, 1.54) is 32.2 Å². The molecule has 1 heteroatoms. The summed E-state index contributed by atoms with van der Waals surface area (Å²) in [5.74, 6) is 2.48. The van der Waals surface area contributed by atoms with Gasteiger partial charge < -0.3 is 5.32 Å². The zero-order valence-electron chi connectivity index (χ0n) is 11.9. The first-order valence-electron chi connectivity index (χ1n) is 7.57. The van der Waals surface area contributed by atoms with Crippen molar-refractivity contribution in [3.05, 3.63) is 35.9 Å². The predicted molar refractivity (Wildman–Crippen MR) is 78.8 cm³/mol. The van der Waals surface area contributed by atoms with Gasteiger partial charge in [0, 0.05) is 0 Å². The van der Waals surface area contributed by atoms with Crippen molar-refractivity contribution in [1.82, 2.24) is 5.32 Å². The lowest BCUT2D eigenvalue weighted by Gasteiger charge is -2.35. The first kappa shape index (κ1) is 13.6. The molecule has 0 spiro atoms. The Labute approximate surface area is 112 Å². The van der Waals surface area contributed by atoms with Crippen molar-refractivity contribution in [3.63, 3.8) is 0 Å². The average molecular weight is 245 g/mol. The third kappa shape index (κ3) is 3.58. The van der Waals surface area contributed by atoms with E-state index in [1.807, 2.05) is 0 Å². The summed E-state index contributed by atoms with van der Waals surface area (Å²) in [5, 5.41) is 3.62. The molecular weight excluding hydrogens is 218 g/mol. The zero-order chi connectivity index (χ0) is 12.8. The van der Waals surface area contributed by atoms with Gasteiger partial charge in [0.2, 0.25) is 0 Å². The molecule has 1 N–H and O–H groups in total. The number of hydrogen-bond acceptors (Lipinski definition) is 1. The van der Waals surface area contributed by atoms with Gasteiger partial charge in [0.05, 0.1) is 0 Å². The maximum absolute atomic E-state index is 3.62. The van der Waals surface area contributed by atoms with E-state index in [2.05, 4.69) is 49.5 Å². The summed E-state index contributed by atoms with van der Waals surface area (Å²) in [5.41, 5.74) is 1.55. The van der Waals surface area contributed by atoms with E-state index in [9.17, 15) is 0 Å². The van der Waals surface area contributed by atoms with E-state index < -0.39 is 0 Å². The number of nitrogens with one attached hydrogen (secondary N) is 1. The number of hydrogen-bond donors (Lipinski definition) is 1. The minimum atomic E-state index is 0.763. The summed E-state index contributed by atoms with van der Waals surface area (Å²) < 4.78 is 0. The average Bonchev–Trinajstić information content (AvgIpc) is 2.41. The standard InChI is InChI=1S/C17H27N/c1-3-11-18-13-16-10-9-14(2)12-17(16)15-7-5-4-6-8-15/h4-8,14,16-18H,3,9-13H2,1-2H3. The molecule has 1 aromatic carbocycles. The van der Waals surface area contributed by atoms with Crippen molar-refractivity contribution in [1.29, 1.82) is 0 Å². The van der Waals surface area contributed by atoms with Crippen molar-refractivity contribution in [2.45, 2.75) is 45.4 Å². The first-order chi connectivity index (χ1) is 8.81. The lowest BCUT2D eigenvalue weighted by molar-refractivity contribution is 0.242. The van der Waals surface area contributed by atoms with Crippen LogP contribution in [0.4, 0.5) is 0 Å². The summed E-state index contributed by atoms with van der Waals surface area (Å²) in [6.45, 7) is 7.00. The third-order valence-electron chi connectivity index (χ3n) is 4.32. The summed E-state index contributed by atoms with van der Waals surface area (Å²) in [7, 11) is 0. The van der Waals surface area contributed by atoms with E-state index in [-0.39, 0.29) is 0 Å². The highest BCUT2D eigenvalue weighted by molar-refractivity contribution is 5.21. The highest BCUT2D eigenvalue weighted by atomic mass is 14.9. The van der Waals surface area contributed by atoms with Crippen molar-refractivity contribution in [3.8, 4) is 0 Å². The van der Waals surface area contributed by atoms with Crippen molar-refractivity contribution in [2.24, 2.45) is 11.8 Å². The monoisotopic (exact) mass is 245 g/mol. The highest BCUT2D eigenvalue weighted by Gasteiger charge is 2.29. The van der Waals surface area contributed by atoms with Gasteiger partial charge in [-0.2, -0.15) is 0 Å². The van der Waals surface area contributed by atoms with E-state index in [4.69, 9.17) is 0 Å². The fraction of sp³-hybridized carbons (Fsp3) is 0.647. The molecule has 0 heterocycles. The minimum Gasteiger partial charge on any atom is -0.316 e. The van der Waals surface area contributed by atoms with Gasteiger partial charge in [0.25, 0.3) is 0 Å². The Balaban J connectivity index is 2.02. The molecule has 0 aliphatic heterocycles. The highest BCUT2D eigenvalue weighted by Crippen LogP contribution is 2.40. The largest absolute Gasteiger partial charge is 0.316 e. The zero-order valence-corrected chi connectivity index (χ0v) is 11.9. The van der Waals surface area contributed by atoms with Crippen LogP contribution < -0.4 is 5.32 Å². The summed E-state index contributed by atoms with van der Waals surface area (Å²) in [6.07, 6.45) is 5.39. The molecule has 0 aromatic heterocycles. The van der Waals surface area contributed by atoms with Crippen molar-refractivity contribution in [2.75, 3.05) is 13.1 Å². The second-order valence-electron chi connectivity index (χ2n) is 5.90. The molecule has 1 aromatic rings. The molecule has 0 bridgehead atoms. The fourth-order valence-electron chi connectivity index (χ4n) is 3.26. The maximum Gasteiger partial charge on any atom is -0.00147 e. The van der Waals surface area contributed by atoms with Crippen molar-refractivity contribution < 1.29 is 0 Å². The summed E-state index contributed by atoms with van der Waals surface area (Å²) >= 11 is 0. The summed E-state index contributed by atoms with van der Waals surface area (Å²) in [6, 6.07) is 11.1. The maximum atomic E-state index is 3.62. The molecular formula is C17H27N. The van der Waals surface area contributed by atoms with E-state index >= 15 is 0 Å². The summed E-state index contributed by atoms with van der Waals surface area (Å²) in [4.78, 5) is 0. The predicted octanol–water partition coefficient (Wildman–Crippen LogP) is 4.21. The molecule has 3 unspecified atom stereocenters. The fourth-order valence-corrected chi connectivity index (χ4v) is 3.26. The van der Waals surface area contributed by atoms with E-state index in [0.29, 0.717) is 0 Å². The molecule has 0 amide bonds. The topological polar surface area (TPSA) is 12.0 Å². The van der Waals surface area contributed by atoms with Gasteiger partial charge in [-0.05, 0) is 55.7 Å². The van der Waals surface area contributed by atoms with Crippen LogP contribution in [-0.2, 0) is 0 Å². The van der Waals surface area contributed by atoms with Gasteiger partial charge >= 0.3 is 0 Å². The van der Waals surface area contributed by atoms with Gasteiger partial charge in [0.15, 0.2) is 0 Å². The Morgan fingerprint density at radius 1 is 1.17 bits per heavy atom. The Morgan fingerprint density at radius 3 is 2.67 bits per heavy atom. The number of benzene rings is 1. The van der Waals surface area contributed by atoms with E-state index in [1.54, 1.807) is 5.56 Å². The number of rotatable bonds is 5. The van der Waals surface area contributed by atoms with Crippen LogP contribution in [0.3, 0.4) is 0 Å². The Morgan fingerprint density at radius 2 is 1.94 bits per heavy atom. The Kier molecular flexibility index (Phi) is 5.25. The van der Waals surface area contributed by atoms with Crippen LogP contribution in [0.25, 0.3) is 0 Å². The molecule has 0 radical (unpaired) electrons. The second kappa shape index (κ2) is 6.94. The second-order valence-corrected chi connectivity index (χ2v) is 5.90.